The maximum Gasteiger partial charge on any atom is 0.260 e. The van der Waals surface area contributed by atoms with E-state index in [1.54, 1.807) is 12.3 Å². The third-order valence-corrected chi connectivity index (χ3v) is 2.60. The molecule has 0 fully saturated rings. The van der Waals surface area contributed by atoms with E-state index in [4.69, 9.17) is 11.6 Å². The SMILES string of the molecule is Cc1ccnc(NC(=O)c2cc(Cl)ccc2O)c1. The molecule has 2 aromatic rings. The zero-order chi connectivity index (χ0) is 13.1. The highest BCUT2D eigenvalue weighted by Crippen LogP contribution is 2.22. The second-order valence-corrected chi connectivity index (χ2v) is 4.27. The molecule has 1 aromatic heterocycles. The zero-order valence-corrected chi connectivity index (χ0v) is 10.4. The van der Waals surface area contributed by atoms with E-state index >= 15 is 0 Å². The highest BCUT2D eigenvalue weighted by Gasteiger charge is 2.12. The molecule has 0 bridgehead atoms. The summed E-state index contributed by atoms with van der Waals surface area (Å²) in [6, 6.07) is 7.85. The van der Waals surface area contributed by atoms with Gasteiger partial charge in [-0.1, -0.05) is 11.6 Å². The van der Waals surface area contributed by atoms with E-state index in [0.717, 1.165) is 5.56 Å². The van der Waals surface area contributed by atoms with Crippen LogP contribution < -0.4 is 5.32 Å². The first-order chi connectivity index (χ1) is 8.56. The highest BCUT2D eigenvalue weighted by atomic mass is 35.5. The van der Waals surface area contributed by atoms with Crippen LogP contribution in [0.2, 0.25) is 5.02 Å². The van der Waals surface area contributed by atoms with E-state index in [-0.39, 0.29) is 11.3 Å². The predicted molar refractivity (Wildman–Crippen MR) is 70.0 cm³/mol. The Morgan fingerprint density at radius 2 is 2.11 bits per heavy atom. The Balaban J connectivity index is 2.24. The number of hydrogen-bond acceptors (Lipinski definition) is 3. The van der Waals surface area contributed by atoms with Crippen LogP contribution in [0.3, 0.4) is 0 Å². The standard InChI is InChI=1S/C13H11ClN2O2/c1-8-4-5-15-12(6-8)16-13(18)10-7-9(14)2-3-11(10)17/h2-7,17H,1H3,(H,15,16,18). The fourth-order valence-corrected chi connectivity index (χ4v) is 1.65. The van der Waals surface area contributed by atoms with Crippen LogP contribution in [0, 0.1) is 6.92 Å². The van der Waals surface area contributed by atoms with Gasteiger partial charge < -0.3 is 10.4 Å². The first kappa shape index (κ1) is 12.4. The lowest BCUT2D eigenvalue weighted by Gasteiger charge is -2.07. The molecule has 0 spiro atoms. The number of carbonyl (C=O) groups excluding carboxylic acids is 1. The summed E-state index contributed by atoms with van der Waals surface area (Å²) < 4.78 is 0. The number of hydrogen-bond donors (Lipinski definition) is 2. The van der Waals surface area contributed by atoms with E-state index in [1.807, 2.05) is 13.0 Å². The number of nitrogens with zero attached hydrogens (tertiary/aromatic N) is 1. The van der Waals surface area contributed by atoms with Gasteiger partial charge in [0, 0.05) is 11.2 Å². The summed E-state index contributed by atoms with van der Waals surface area (Å²) in [6.07, 6.45) is 1.60. The Bertz CT molecular complexity index is 599. The van der Waals surface area contributed by atoms with Crippen LogP contribution in [0.1, 0.15) is 15.9 Å². The predicted octanol–water partition coefficient (Wildman–Crippen LogP) is 3.00. The van der Waals surface area contributed by atoms with Gasteiger partial charge in [-0.3, -0.25) is 4.79 Å². The molecule has 0 unspecified atom stereocenters. The van der Waals surface area contributed by atoms with Crippen molar-refractivity contribution in [2.75, 3.05) is 5.32 Å². The largest absolute Gasteiger partial charge is 0.507 e. The van der Waals surface area contributed by atoms with Gasteiger partial charge in [-0.2, -0.15) is 0 Å². The molecule has 0 saturated carbocycles. The molecule has 1 amide bonds. The Morgan fingerprint density at radius 1 is 1.33 bits per heavy atom. The normalized spacial score (nSPS) is 10.1. The van der Waals surface area contributed by atoms with Gasteiger partial charge in [0.25, 0.3) is 5.91 Å². The van der Waals surface area contributed by atoms with Gasteiger partial charge in [0.1, 0.15) is 11.6 Å². The Labute approximate surface area is 109 Å². The summed E-state index contributed by atoms with van der Waals surface area (Å²) in [7, 11) is 0. The molecule has 4 nitrogen and oxygen atoms in total. The smallest absolute Gasteiger partial charge is 0.260 e. The molecular formula is C13H11ClN2O2. The van der Waals surface area contributed by atoms with Crippen molar-refractivity contribution in [3.8, 4) is 5.75 Å². The lowest BCUT2D eigenvalue weighted by Crippen LogP contribution is -2.13. The van der Waals surface area contributed by atoms with Crippen molar-refractivity contribution in [3.63, 3.8) is 0 Å². The molecule has 18 heavy (non-hydrogen) atoms. The van der Waals surface area contributed by atoms with Gasteiger partial charge in [0.05, 0.1) is 5.56 Å². The average molecular weight is 263 g/mol. The monoisotopic (exact) mass is 262 g/mol. The van der Waals surface area contributed by atoms with Crippen molar-refractivity contribution in [1.82, 2.24) is 4.98 Å². The average Bonchev–Trinajstić information content (AvgIpc) is 2.32. The Morgan fingerprint density at radius 3 is 2.83 bits per heavy atom. The van der Waals surface area contributed by atoms with E-state index in [1.165, 1.54) is 18.2 Å². The number of benzene rings is 1. The second kappa shape index (κ2) is 5.06. The number of amides is 1. The zero-order valence-electron chi connectivity index (χ0n) is 9.64. The van der Waals surface area contributed by atoms with E-state index in [2.05, 4.69) is 10.3 Å². The quantitative estimate of drug-likeness (QED) is 0.875. The van der Waals surface area contributed by atoms with Crippen LogP contribution in [0.5, 0.6) is 5.75 Å². The fourth-order valence-electron chi connectivity index (χ4n) is 1.48. The van der Waals surface area contributed by atoms with Crippen LogP contribution in [-0.4, -0.2) is 16.0 Å². The lowest BCUT2D eigenvalue weighted by atomic mass is 10.2. The molecule has 2 rings (SSSR count). The van der Waals surface area contributed by atoms with Crippen molar-refractivity contribution in [2.24, 2.45) is 0 Å². The summed E-state index contributed by atoms with van der Waals surface area (Å²) in [5, 5.41) is 12.6. The number of pyridine rings is 1. The van der Waals surface area contributed by atoms with Gasteiger partial charge in [0.2, 0.25) is 0 Å². The molecule has 1 heterocycles. The number of aryl methyl sites for hydroxylation is 1. The molecule has 0 atom stereocenters. The molecule has 0 aliphatic rings. The molecular weight excluding hydrogens is 252 g/mol. The number of rotatable bonds is 2. The summed E-state index contributed by atoms with van der Waals surface area (Å²) in [5.41, 5.74) is 1.10. The van der Waals surface area contributed by atoms with Gasteiger partial charge in [0.15, 0.2) is 0 Å². The maximum absolute atomic E-state index is 11.9. The topological polar surface area (TPSA) is 62.2 Å². The maximum atomic E-state index is 11.9. The number of phenols is 1. The minimum absolute atomic E-state index is 0.116. The van der Waals surface area contributed by atoms with E-state index in [9.17, 15) is 9.90 Å². The number of aromatic nitrogens is 1. The van der Waals surface area contributed by atoms with E-state index in [0.29, 0.717) is 10.8 Å². The molecule has 0 saturated heterocycles. The summed E-state index contributed by atoms with van der Waals surface area (Å²) in [4.78, 5) is 15.9. The number of aromatic hydroxyl groups is 1. The molecule has 0 aliphatic heterocycles. The van der Waals surface area contributed by atoms with Crippen molar-refractivity contribution in [2.45, 2.75) is 6.92 Å². The molecule has 5 heteroatoms. The van der Waals surface area contributed by atoms with E-state index < -0.39 is 5.91 Å². The van der Waals surface area contributed by atoms with Crippen LogP contribution in [0.15, 0.2) is 36.5 Å². The minimum Gasteiger partial charge on any atom is -0.507 e. The van der Waals surface area contributed by atoms with Crippen LogP contribution in [0.4, 0.5) is 5.82 Å². The Kier molecular flexibility index (Phi) is 3.48. The van der Waals surface area contributed by atoms with Crippen molar-refractivity contribution < 1.29 is 9.90 Å². The first-order valence-corrected chi connectivity index (χ1v) is 5.66. The number of halogens is 1. The summed E-state index contributed by atoms with van der Waals surface area (Å²) in [6.45, 7) is 1.90. The third kappa shape index (κ3) is 2.78. The molecule has 92 valence electrons. The number of carbonyl (C=O) groups is 1. The number of nitrogens with one attached hydrogen (secondary N) is 1. The summed E-state index contributed by atoms with van der Waals surface area (Å²) >= 11 is 5.78. The number of phenolic OH excluding ortho intramolecular Hbond substituents is 1. The van der Waals surface area contributed by atoms with Crippen LogP contribution in [0.25, 0.3) is 0 Å². The highest BCUT2D eigenvalue weighted by molar-refractivity contribution is 6.31. The first-order valence-electron chi connectivity index (χ1n) is 5.29. The van der Waals surface area contributed by atoms with Gasteiger partial charge in [-0.25, -0.2) is 4.98 Å². The second-order valence-electron chi connectivity index (χ2n) is 3.83. The number of anilines is 1. The van der Waals surface area contributed by atoms with Crippen molar-refractivity contribution in [1.29, 1.82) is 0 Å². The van der Waals surface area contributed by atoms with Crippen LogP contribution in [-0.2, 0) is 0 Å². The Hall–Kier alpha value is -2.07. The fraction of sp³-hybridized carbons (Fsp3) is 0.0769. The van der Waals surface area contributed by atoms with Gasteiger partial charge in [-0.15, -0.1) is 0 Å². The molecule has 0 aliphatic carbocycles. The van der Waals surface area contributed by atoms with Crippen LogP contribution >= 0.6 is 11.6 Å². The minimum atomic E-state index is -0.451. The lowest BCUT2D eigenvalue weighted by molar-refractivity contribution is 0.102. The van der Waals surface area contributed by atoms with Gasteiger partial charge >= 0.3 is 0 Å². The molecule has 0 radical (unpaired) electrons. The van der Waals surface area contributed by atoms with Gasteiger partial charge in [-0.05, 0) is 42.8 Å². The van der Waals surface area contributed by atoms with Crippen molar-refractivity contribution >= 4 is 23.3 Å². The molecule has 1 aromatic carbocycles. The van der Waals surface area contributed by atoms with Crippen molar-refractivity contribution in [3.05, 3.63) is 52.7 Å². The molecule has 2 N–H and O–H groups in total. The summed E-state index contributed by atoms with van der Waals surface area (Å²) in [5.74, 6) is -0.142. The third-order valence-electron chi connectivity index (χ3n) is 2.36.